The number of nitrogens with zero attached hydrogens (tertiary/aromatic N) is 2. The largest absolute Gasteiger partial charge is 0.366 e. The fourth-order valence-corrected chi connectivity index (χ4v) is 3.93. The lowest BCUT2D eigenvalue weighted by atomic mass is 9.92. The number of rotatable bonds is 1. The molecule has 0 radical (unpaired) electrons. The molecule has 0 saturated carbocycles. The van der Waals surface area contributed by atoms with Crippen molar-refractivity contribution in [2.24, 2.45) is 0 Å². The molecule has 0 fully saturated rings. The highest BCUT2D eigenvalue weighted by molar-refractivity contribution is 5.84. The third kappa shape index (κ3) is 1.66. The minimum atomic E-state index is -0.371. The summed E-state index contributed by atoms with van der Waals surface area (Å²) in [6.45, 7) is 5.17. The summed E-state index contributed by atoms with van der Waals surface area (Å²) in [6.07, 6.45) is 0.848. The molecule has 2 aliphatic rings. The first-order valence-corrected chi connectivity index (χ1v) is 8.41. The number of ether oxygens (including phenoxy) is 1. The molecule has 4 nitrogen and oxygen atoms in total. The summed E-state index contributed by atoms with van der Waals surface area (Å²) in [5.41, 5.74) is 5.47. The monoisotopic (exact) mass is 318 g/mol. The van der Waals surface area contributed by atoms with Crippen molar-refractivity contribution in [2.75, 3.05) is 0 Å². The van der Waals surface area contributed by atoms with E-state index in [4.69, 9.17) is 9.72 Å². The predicted molar refractivity (Wildman–Crippen MR) is 93.0 cm³/mol. The second-order valence-electron chi connectivity index (χ2n) is 6.87. The van der Waals surface area contributed by atoms with Crippen LogP contribution in [0.1, 0.15) is 37.0 Å². The molecule has 24 heavy (non-hydrogen) atoms. The third-order valence-electron chi connectivity index (χ3n) is 5.55. The lowest BCUT2D eigenvalue weighted by Gasteiger charge is -2.23. The number of hydrogen-bond acceptors (Lipinski definition) is 3. The third-order valence-corrected chi connectivity index (χ3v) is 5.55. The summed E-state index contributed by atoms with van der Waals surface area (Å²) in [7, 11) is 0. The van der Waals surface area contributed by atoms with Crippen LogP contribution in [0.2, 0.25) is 0 Å². The standard InChI is InChI=1S/C20H18N2O2/c1-3-20(2)15-9-17-18-13(8-12-6-4-5-7-16(12)21-18)10-22(17)19(23)14(15)11-24-20/h4-9H,3,10-11H2,1-2H3. The molecular formula is C20H18N2O2. The highest BCUT2D eigenvalue weighted by Crippen LogP contribution is 2.41. The van der Waals surface area contributed by atoms with Crippen molar-refractivity contribution in [1.29, 1.82) is 0 Å². The van der Waals surface area contributed by atoms with Crippen LogP contribution in [0.5, 0.6) is 0 Å². The molecule has 0 spiro atoms. The molecule has 4 heterocycles. The van der Waals surface area contributed by atoms with E-state index in [0.717, 1.165) is 45.4 Å². The first kappa shape index (κ1) is 13.9. The summed E-state index contributed by atoms with van der Waals surface area (Å²) in [5, 5.41) is 1.12. The summed E-state index contributed by atoms with van der Waals surface area (Å²) < 4.78 is 7.79. The Hall–Kier alpha value is -2.46. The van der Waals surface area contributed by atoms with E-state index in [1.54, 1.807) is 0 Å². The fraction of sp³-hybridized carbons (Fsp3) is 0.300. The SMILES string of the molecule is CCC1(C)OCc2c1cc1n(c2=O)Cc2cc3ccccc3nc2-1. The zero-order valence-corrected chi connectivity index (χ0v) is 13.8. The molecule has 0 amide bonds. The van der Waals surface area contributed by atoms with Crippen LogP contribution in [-0.2, 0) is 23.5 Å². The Kier molecular flexibility index (Phi) is 2.64. The van der Waals surface area contributed by atoms with Gasteiger partial charge >= 0.3 is 0 Å². The minimum Gasteiger partial charge on any atom is -0.366 e. The lowest BCUT2D eigenvalue weighted by molar-refractivity contribution is -0.0260. The van der Waals surface area contributed by atoms with E-state index in [0.29, 0.717) is 13.2 Å². The molecule has 5 rings (SSSR count). The van der Waals surface area contributed by atoms with E-state index in [1.165, 1.54) is 0 Å². The van der Waals surface area contributed by atoms with Crippen LogP contribution in [0.3, 0.4) is 0 Å². The number of para-hydroxylation sites is 1. The fourth-order valence-electron chi connectivity index (χ4n) is 3.93. The van der Waals surface area contributed by atoms with Gasteiger partial charge in [0.1, 0.15) is 0 Å². The van der Waals surface area contributed by atoms with Gasteiger partial charge in [0.15, 0.2) is 0 Å². The molecule has 0 N–H and O–H groups in total. The van der Waals surface area contributed by atoms with E-state index in [1.807, 2.05) is 22.8 Å². The Bertz CT molecular complexity index is 1070. The van der Waals surface area contributed by atoms with Gasteiger partial charge in [0.05, 0.1) is 35.7 Å². The highest BCUT2D eigenvalue weighted by Gasteiger charge is 2.38. The quantitative estimate of drug-likeness (QED) is 0.539. The molecule has 0 saturated heterocycles. The molecule has 0 aliphatic carbocycles. The molecule has 1 aromatic carbocycles. The van der Waals surface area contributed by atoms with Crippen molar-refractivity contribution in [3.8, 4) is 11.4 Å². The van der Waals surface area contributed by atoms with Gasteiger partial charge in [-0.15, -0.1) is 0 Å². The Labute approximate surface area is 139 Å². The van der Waals surface area contributed by atoms with Gasteiger partial charge in [0.2, 0.25) is 0 Å². The van der Waals surface area contributed by atoms with Crippen LogP contribution < -0.4 is 5.56 Å². The maximum absolute atomic E-state index is 13.0. The van der Waals surface area contributed by atoms with Gasteiger partial charge in [-0.3, -0.25) is 4.79 Å². The van der Waals surface area contributed by atoms with Crippen LogP contribution in [-0.4, -0.2) is 9.55 Å². The van der Waals surface area contributed by atoms with Gasteiger partial charge in [-0.05, 0) is 37.1 Å². The van der Waals surface area contributed by atoms with Crippen molar-refractivity contribution in [3.63, 3.8) is 0 Å². The van der Waals surface area contributed by atoms with Crippen molar-refractivity contribution in [2.45, 2.75) is 39.0 Å². The van der Waals surface area contributed by atoms with Crippen LogP contribution >= 0.6 is 0 Å². The molecule has 120 valence electrons. The van der Waals surface area contributed by atoms with Crippen molar-refractivity contribution >= 4 is 10.9 Å². The Morgan fingerprint density at radius 1 is 1.29 bits per heavy atom. The molecule has 2 aromatic heterocycles. The number of aromatic nitrogens is 2. The average molecular weight is 318 g/mol. The van der Waals surface area contributed by atoms with E-state index in [-0.39, 0.29) is 11.2 Å². The zero-order valence-electron chi connectivity index (χ0n) is 13.8. The van der Waals surface area contributed by atoms with Crippen LogP contribution in [0.25, 0.3) is 22.3 Å². The molecular weight excluding hydrogens is 300 g/mol. The Morgan fingerprint density at radius 3 is 2.96 bits per heavy atom. The topological polar surface area (TPSA) is 44.1 Å². The van der Waals surface area contributed by atoms with E-state index >= 15 is 0 Å². The molecule has 4 heteroatoms. The smallest absolute Gasteiger partial charge is 0.257 e. The highest BCUT2D eigenvalue weighted by atomic mass is 16.5. The first-order valence-electron chi connectivity index (χ1n) is 8.41. The second-order valence-corrected chi connectivity index (χ2v) is 6.87. The summed E-state index contributed by atoms with van der Waals surface area (Å²) in [5.74, 6) is 0. The Balaban J connectivity index is 1.81. The molecule has 3 aromatic rings. The lowest BCUT2D eigenvalue weighted by Crippen LogP contribution is -2.25. The minimum absolute atomic E-state index is 0.0710. The van der Waals surface area contributed by atoms with Gasteiger partial charge in [0, 0.05) is 16.5 Å². The van der Waals surface area contributed by atoms with Crippen molar-refractivity contribution in [1.82, 2.24) is 9.55 Å². The summed E-state index contributed by atoms with van der Waals surface area (Å²) >= 11 is 0. The van der Waals surface area contributed by atoms with E-state index < -0.39 is 0 Å². The normalized spacial score (nSPS) is 20.9. The average Bonchev–Trinajstić information content (AvgIpc) is 3.13. The van der Waals surface area contributed by atoms with Gasteiger partial charge in [-0.2, -0.15) is 0 Å². The summed E-state index contributed by atoms with van der Waals surface area (Å²) in [6, 6.07) is 12.4. The van der Waals surface area contributed by atoms with E-state index in [2.05, 4.69) is 32.0 Å². The zero-order chi connectivity index (χ0) is 16.5. The van der Waals surface area contributed by atoms with Gasteiger partial charge in [-0.1, -0.05) is 25.1 Å². The summed E-state index contributed by atoms with van der Waals surface area (Å²) in [4.78, 5) is 17.8. The van der Waals surface area contributed by atoms with Gasteiger partial charge < -0.3 is 9.30 Å². The maximum atomic E-state index is 13.0. The molecule has 1 atom stereocenters. The Morgan fingerprint density at radius 2 is 2.12 bits per heavy atom. The molecule has 2 aliphatic heterocycles. The second kappa shape index (κ2) is 4.54. The maximum Gasteiger partial charge on any atom is 0.257 e. The molecule has 1 unspecified atom stereocenters. The van der Waals surface area contributed by atoms with E-state index in [9.17, 15) is 4.79 Å². The number of hydrogen-bond donors (Lipinski definition) is 0. The van der Waals surface area contributed by atoms with Crippen molar-refractivity contribution in [3.05, 3.63) is 63.4 Å². The van der Waals surface area contributed by atoms with Crippen molar-refractivity contribution < 1.29 is 4.74 Å². The predicted octanol–water partition coefficient (Wildman–Crippen LogP) is 3.58. The van der Waals surface area contributed by atoms with Crippen LogP contribution in [0.4, 0.5) is 0 Å². The first-order chi connectivity index (χ1) is 11.6. The van der Waals surface area contributed by atoms with Crippen LogP contribution in [0.15, 0.2) is 41.2 Å². The number of pyridine rings is 2. The van der Waals surface area contributed by atoms with Gasteiger partial charge in [-0.25, -0.2) is 4.98 Å². The number of benzene rings is 1. The molecule has 0 bridgehead atoms. The van der Waals surface area contributed by atoms with Gasteiger partial charge in [0.25, 0.3) is 5.56 Å². The number of fused-ring (bicyclic) bond motifs is 5. The van der Waals surface area contributed by atoms with Crippen LogP contribution in [0, 0.1) is 0 Å².